The molecule has 0 atom stereocenters. The highest BCUT2D eigenvalue weighted by Crippen LogP contribution is 2.20. The van der Waals surface area contributed by atoms with Crippen LogP contribution in [0.4, 0.5) is 17.5 Å². The molecule has 0 radical (unpaired) electrons. The van der Waals surface area contributed by atoms with Crippen molar-refractivity contribution < 1.29 is 4.92 Å². The number of aromatic nitrogens is 2. The molecule has 0 amide bonds. The van der Waals surface area contributed by atoms with Crippen molar-refractivity contribution in [2.45, 2.75) is 26.3 Å². The molecule has 8 nitrogen and oxygen atoms in total. The van der Waals surface area contributed by atoms with Gasteiger partial charge in [0.1, 0.15) is 6.20 Å². The third kappa shape index (κ3) is 4.66. The van der Waals surface area contributed by atoms with Gasteiger partial charge < -0.3 is 16.0 Å². The van der Waals surface area contributed by atoms with Crippen molar-refractivity contribution in [2.24, 2.45) is 0 Å². The molecule has 19 heavy (non-hydrogen) atoms. The molecule has 0 aliphatic heterocycles. The Bertz CT molecular complexity index is 437. The van der Waals surface area contributed by atoms with Crippen LogP contribution in [0.1, 0.15) is 20.3 Å². The summed E-state index contributed by atoms with van der Waals surface area (Å²) in [5.41, 5.74) is 5.27. The minimum atomic E-state index is -0.526. The van der Waals surface area contributed by atoms with Gasteiger partial charge in [0, 0.05) is 12.6 Å². The molecule has 8 heteroatoms. The highest BCUT2D eigenvalue weighted by molar-refractivity contribution is 5.56. The first kappa shape index (κ1) is 15.1. The van der Waals surface area contributed by atoms with Crippen molar-refractivity contribution in [1.29, 1.82) is 0 Å². The van der Waals surface area contributed by atoms with Gasteiger partial charge in [-0.15, -0.1) is 0 Å². The number of nitrogens with zero attached hydrogens (tertiary/aromatic N) is 4. The van der Waals surface area contributed by atoms with Gasteiger partial charge in [0.2, 0.25) is 11.8 Å². The molecular formula is C11H20N6O2. The molecule has 1 rings (SSSR count). The van der Waals surface area contributed by atoms with Crippen molar-refractivity contribution in [1.82, 2.24) is 14.9 Å². The van der Waals surface area contributed by atoms with Crippen molar-refractivity contribution in [3.63, 3.8) is 0 Å². The normalized spacial score (nSPS) is 11.0. The zero-order chi connectivity index (χ0) is 14.4. The second kappa shape index (κ2) is 6.83. The van der Waals surface area contributed by atoms with Crippen molar-refractivity contribution in [3.8, 4) is 0 Å². The van der Waals surface area contributed by atoms with Gasteiger partial charge in [-0.05, 0) is 33.9 Å². The number of hydrogen-bond donors (Lipinski definition) is 2. The Labute approximate surface area is 112 Å². The number of anilines is 2. The second-order valence-electron chi connectivity index (χ2n) is 4.57. The third-order valence-corrected chi connectivity index (χ3v) is 2.85. The van der Waals surface area contributed by atoms with E-state index >= 15 is 0 Å². The van der Waals surface area contributed by atoms with Gasteiger partial charge in [-0.2, -0.15) is 4.98 Å². The molecule has 0 spiro atoms. The first-order valence-corrected chi connectivity index (χ1v) is 6.13. The Hall–Kier alpha value is -1.96. The van der Waals surface area contributed by atoms with E-state index < -0.39 is 4.92 Å². The van der Waals surface area contributed by atoms with Crippen LogP contribution in [0.5, 0.6) is 0 Å². The van der Waals surface area contributed by atoms with Crippen LogP contribution in [-0.2, 0) is 0 Å². The van der Waals surface area contributed by atoms with Gasteiger partial charge >= 0.3 is 5.69 Å². The average molecular weight is 268 g/mol. The number of nitro groups is 1. The third-order valence-electron chi connectivity index (χ3n) is 2.85. The average Bonchev–Trinajstić information content (AvgIpc) is 2.33. The molecule has 0 saturated heterocycles. The summed E-state index contributed by atoms with van der Waals surface area (Å²) in [6.45, 7) is 5.72. The summed E-state index contributed by atoms with van der Waals surface area (Å²) in [4.78, 5) is 19.9. The molecule has 106 valence electrons. The topological polar surface area (TPSA) is 110 Å². The van der Waals surface area contributed by atoms with E-state index in [1.54, 1.807) is 0 Å². The van der Waals surface area contributed by atoms with Crippen LogP contribution in [0.3, 0.4) is 0 Å². The Balaban J connectivity index is 2.53. The zero-order valence-electron chi connectivity index (χ0n) is 11.5. The smallest absolute Gasteiger partial charge is 0.329 e. The predicted octanol–water partition coefficient (Wildman–Crippen LogP) is 1.11. The lowest BCUT2D eigenvalue weighted by Crippen LogP contribution is -2.28. The maximum atomic E-state index is 10.8. The molecule has 1 heterocycles. The van der Waals surface area contributed by atoms with E-state index in [2.05, 4.69) is 34.0 Å². The molecule has 0 aliphatic rings. The summed E-state index contributed by atoms with van der Waals surface area (Å²) in [6.07, 6.45) is 1.97. The number of nitrogen functional groups attached to an aromatic ring is 1. The SMILES string of the molecule is CC(C)N(C)CCCNc1nc(N)ncc1[N+](=O)[O-]. The Morgan fingerprint density at radius 2 is 2.26 bits per heavy atom. The Kier molecular flexibility index (Phi) is 5.43. The van der Waals surface area contributed by atoms with Gasteiger partial charge in [0.25, 0.3) is 0 Å². The lowest BCUT2D eigenvalue weighted by atomic mass is 10.3. The van der Waals surface area contributed by atoms with E-state index in [-0.39, 0.29) is 17.5 Å². The second-order valence-corrected chi connectivity index (χ2v) is 4.57. The van der Waals surface area contributed by atoms with Crippen molar-refractivity contribution >= 4 is 17.5 Å². The molecule has 0 saturated carbocycles. The molecule has 0 aliphatic carbocycles. The maximum Gasteiger partial charge on any atom is 0.329 e. The maximum absolute atomic E-state index is 10.8. The molecule has 3 N–H and O–H groups in total. The van der Waals surface area contributed by atoms with Gasteiger partial charge in [-0.25, -0.2) is 4.98 Å². The highest BCUT2D eigenvalue weighted by Gasteiger charge is 2.16. The van der Waals surface area contributed by atoms with Crippen LogP contribution < -0.4 is 11.1 Å². The van der Waals surface area contributed by atoms with Crippen molar-refractivity contribution in [3.05, 3.63) is 16.3 Å². The van der Waals surface area contributed by atoms with E-state index in [0.717, 1.165) is 19.2 Å². The molecular weight excluding hydrogens is 248 g/mol. The first-order chi connectivity index (χ1) is 8.91. The van der Waals surface area contributed by atoms with E-state index in [1.165, 1.54) is 0 Å². The monoisotopic (exact) mass is 268 g/mol. The largest absolute Gasteiger partial charge is 0.368 e. The molecule has 1 aromatic rings. The van der Waals surface area contributed by atoms with Crippen LogP contribution in [0.25, 0.3) is 0 Å². The zero-order valence-corrected chi connectivity index (χ0v) is 11.5. The summed E-state index contributed by atoms with van der Waals surface area (Å²) in [5.74, 6) is 0.192. The Morgan fingerprint density at radius 3 is 2.84 bits per heavy atom. The first-order valence-electron chi connectivity index (χ1n) is 6.13. The number of nitrogens with two attached hydrogens (primary N) is 1. The van der Waals surface area contributed by atoms with Crippen LogP contribution in [0.15, 0.2) is 6.20 Å². The molecule has 0 bridgehead atoms. The van der Waals surface area contributed by atoms with Crippen LogP contribution >= 0.6 is 0 Å². The highest BCUT2D eigenvalue weighted by atomic mass is 16.6. The Morgan fingerprint density at radius 1 is 1.58 bits per heavy atom. The van der Waals surface area contributed by atoms with Gasteiger partial charge in [0.15, 0.2) is 0 Å². The summed E-state index contributed by atoms with van der Waals surface area (Å²) in [5, 5.41) is 13.7. The van der Waals surface area contributed by atoms with Crippen LogP contribution in [-0.4, -0.2) is 46.0 Å². The van der Waals surface area contributed by atoms with Crippen LogP contribution in [0.2, 0.25) is 0 Å². The fourth-order valence-electron chi connectivity index (χ4n) is 1.45. The molecule has 0 fully saturated rings. The van der Waals surface area contributed by atoms with Gasteiger partial charge in [0.05, 0.1) is 4.92 Å². The van der Waals surface area contributed by atoms with E-state index in [0.29, 0.717) is 12.6 Å². The predicted molar refractivity (Wildman–Crippen MR) is 74.0 cm³/mol. The van der Waals surface area contributed by atoms with E-state index in [4.69, 9.17) is 5.73 Å². The van der Waals surface area contributed by atoms with Gasteiger partial charge in [-0.3, -0.25) is 10.1 Å². The van der Waals surface area contributed by atoms with Crippen molar-refractivity contribution in [2.75, 3.05) is 31.2 Å². The molecule has 0 unspecified atom stereocenters. The summed E-state index contributed by atoms with van der Waals surface area (Å²) >= 11 is 0. The number of hydrogen-bond acceptors (Lipinski definition) is 7. The minimum Gasteiger partial charge on any atom is -0.368 e. The summed E-state index contributed by atoms with van der Waals surface area (Å²) in [7, 11) is 2.04. The molecule has 0 aromatic carbocycles. The summed E-state index contributed by atoms with van der Waals surface area (Å²) in [6, 6.07) is 0.476. The minimum absolute atomic E-state index is 0.0207. The van der Waals surface area contributed by atoms with Crippen LogP contribution in [0, 0.1) is 10.1 Å². The quantitative estimate of drug-likeness (QED) is 0.433. The lowest BCUT2D eigenvalue weighted by molar-refractivity contribution is -0.384. The fourth-order valence-corrected chi connectivity index (χ4v) is 1.45. The van der Waals surface area contributed by atoms with Gasteiger partial charge in [-0.1, -0.05) is 0 Å². The number of nitrogens with one attached hydrogen (secondary N) is 1. The lowest BCUT2D eigenvalue weighted by Gasteiger charge is -2.20. The molecule has 1 aromatic heterocycles. The number of rotatable bonds is 7. The fraction of sp³-hybridized carbons (Fsp3) is 0.636. The standard InChI is InChI=1S/C11H20N6O2/c1-8(2)16(3)6-4-5-13-10-9(17(18)19)7-14-11(12)15-10/h7-8H,4-6H2,1-3H3,(H3,12,13,14,15). The van der Waals surface area contributed by atoms with E-state index in [1.807, 2.05) is 7.05 Å². The van der Waals surface area contributed by atoms with E-state index in [9.17, 15) is 10.1 Å². The summed E-state index contributed by atoms with van der Waals surface area (Å²) < 4.78 is 0.